The molecule has 0 atom stereocenters. The summed E-state index contributed by atoms with van der Waals surface area (Å²) < 4.78 is 4.86. The highest BCUT2D eigenvalue weighted by molar-refractivity contribution is 6.26. The molecule has 0 radical (unpaired) electrons. The molecule has 9 aromatic rings. The van der Waals surface area contributed by atoms with Crippen molar-refractivity contribution in [1.29, 1.82) is 0 Å². The van der Waals surface area contributed by atoms with Gasteiger partial charge in [-0.3, -0.25) is 0 Å². The van der Waals surface area contributed by atoms with Gasteiger partial charge in [-0.2, -0.15) is 0 Å². The molecule has 9 rings (SSSR count). The van der Waals surface area contributed by atoms with E-state index in [1.165, 1.54) is 49.2 Å². The van der Waals surface area contributed by atoms with E-state index in [1.807, 2.05) is 6.07 Å². The van der Waals surface area contributed by atoms with Crippen molar-refractivity contribution in [2.24, 2.45) is 0 Å². The standard InChI is InChI=1S/C42H29N3/c1-4-14-29(15-5-1)36-28-32(24-26-37(36)43-30-16-6-2-7-17-30)44-39-23-13-11-21-35(39)41-40(44)27-25-34-33-20-10-12-22-38(33)45(42(34)41)31-18-8-3-9-19-31/h1-28,43H. The maximum atomic E-state index is 3.67. The molecule has 45 heavy (non-hydrogen) atoms. The fourth-order valence-corrected chi connectivity index (χ4v) is 6.95. The van der Waals surface area contributed by atoms with Crippen LogP contribution in [0.2, 0.25) is 0 Å². The molecule has 2 heterocycles. The van der Waals surface area contributed by atoms with E-state index in [-0.39, 0.29) is 0 Å². The Morgan fingerprint density at radius 1 is 0.400 bits per heavy atom. The number of rotatable bonds is 5. The summed E-state index contributed by atoms with van der Waals surface area (Å²) in [6, 6.07) is 60.7. The summed E-state index contributed by atoms with van der Waals surface area (Å²) in [5.41, 5.74) is 11.6. The predicted octanol–water partition coefficient (Wildman–Crippen LogP) is 11.3. The minimum absolute atomic E-state index is 1.07. The lowest BCUT2D eigenvalue weighted by molar-refractivity contribution is 1.17. The van der Waals surface area contributed by atoms with Crippen LogP contribution < -0.4 is 5.32 Å². The van der Waals surface area contributed by atoms with Crippen molar-refractivity contribution in [2.45, 2.75) is 0 Å². The molecule has 0 fully saturated rings. The van der Waals surface area contributed by atoms with Crippen LogP contribution in [0.1, 0.15) is 0 Å². The Kier molecular flexibility index (Phi) is 5.82. The van der Waals surface area contributed by atoms with Crippen molar-refractivity contribution in [1.82, 2.24) is 9.13 Å². The van der Waals surface area contributed by atoms with Gasteiger partial charge in [-0.15, -0.1) is 0 Å². The van der Waals surface area contributed by atoms with Gasteiger partial charge in [0.2, 0.25) is 0 Å². The number of aromatic nitrogens is 2. The minimum Gasteiger partial charge on any atom is -0.355 e. The van der Waals surface area contributed by atoms with E-state index in [1.54, 1.807) is 0 Å². The Morgan fingerprint density at radius 3 is 1.78 bits per heavy atom. The summed E-state index contributed by atoms with van der Waals surface area (Å²) in [6.45, 7) is 0. The van der Waals surface area contributed by atoms with E-state index in [4.69, 9.17) is 0 Å². The van der Waals surface area contributed by atoms with E-state index < -0.39 is 0 Å². The number of nitrogens with zero attached hydrogens (tertiary/aromatic N) is 2. The van der Waals surface area contributed by atoms with Gasteiger partial charge < -0.3 is 14.5 Å². The van der Waals surface area contributed by atoms with Crippen molar-refractivity contribution in [2.75, 3.05) is 5.32 Å². The first-order valence-electron chi connectivity index (χ1n) is 15.4. The minimum atomic E-state index is 1.07. The van der Waals surface area contributed by atoms with Gasteiger partial charge in [0, 0.05) is 49.9 Å². The van der Waals surface area contributed by atoms with Gasteiger partial charge in [0.15, 0.2) is 0 Å². The number of nitrogens with one attached hydrogen (secondary N) is 1. The quantitative estimate of drug-likeness (QED) is 0.217. The molecule has 0 aliphatic rings. The molecule has 7 aromatic carbocycles. The summed E-state index contributed by atoms with van der Waals surface area (Å²) in [5.74, 6) is 0. The lowest BCUT2D eigenvalue weighted by Crippen LogP contribution is -1.98. The molecule has 212 valence electrons. The third-order valence-corrected chi connectivity index (χ3v) is 8.88. The van der Waals surface area contributed by atoms with Crippen LogP contribution in [0.5, 0.6) is 0 Å². The monoisotopic (exact) mass is 575 g/mol. The maximum Gasteiger partial charge on any atom is 0.0641 e. The molecule has 0 bridgehead atoms. The van der Waals surface area contributed by atoms with E-state index >= 15 is 0 Å². The lowest BCUT2D eigenvalue weighted by Gasteiger charge is -2.16. The van der Waals surface area contributed by atoms with Crippen molar-refractivity contribution in [3.8, 4) is 22.5 Å². The summed E-state index contributed by atoms with van der Waals surface area (Å²) in [4.78, 5) is 0. The zero-order valence-electron chi connectivity index (χ0n) is 24.6. The molecule has 0 saturated carbocycles. The van der Waals surface area contributed by atoms with Crippen LogP contribution in [0.4, 0.5) is 11.4 Å². The molecule has 3 nitrogen and oxygen atoms in total. The fourth-order valence-electron chi connectivity index (χ4n) is 6.95. The average Bonchev–Trinajstić information content (AvgIpc) is 3.63. The third kappa shape index (κ3) is 4.05. The zero-order chi connectivity index (χ0) is 29.7. The van der Waals surface area contributed by atoms with Crippen molar-refractivity contribution >= 4 is 55.0 Å². The van der Waals surface area contributed by atoms with Crippen LogP contribution in [0.25, 0.3) is 66.1 Å². The Hall–Kier alpha value is -6.06. The van der Waals surface area contributed by atoms with Gasteiger partial charge in [-0.25, -0.2) is 0 Å². The van der Waals surface area contributed by atoms with Crippen LogP contribution in [0.3, 0.4) is 0 Å². The molecule has 0 saturated heterocycles. The SMILES string of the molecule is c1ccc(Nc2ccc(-n3c4ccccc4c4c3ccc3c5ccccc5n(-c5ccccc5)c34)cc2-c2ccccc2)cc1. The van der Waals surface area contributed by atoms with E-state index in [2.05, 4.69) is 178 Å². The molecule has 0 aliphatic carbocycles. The largest absolute Gasteiger partial charge is 0.355 e. The second kappa shape index (κ2) is 10.3. The molecule has 0 spiro atoms. The van der Waals surface area contributed by atoms with E-state index in [0.717, 1.165) is 28.3 Å². The van der Waals surface area contributed by atoms with Gasteiger partial charge >= 0.3 is 0 Å². The number of anilines is 2. The highest BCUT2D eigenvalue weighted by Crippen LogP contribution is 2.42. The van der Waals surface area contributed by atoms with Crippen LogP contribution >= 0.6 is 0 Å². The number of hydrogen-bond donors (Lipinski definition) is 1. The molecule has 0 amide bonds. The van der Waals surface area contributed by atoms with Gasteiger partial charge in [0.05, 0.1) is 22.1 Å². The molecule has 2 aromatic heterocycles. The summed E-state index contributed by atoms with van der Waals surface area (Å²) in [5, 5.41) is 8.69. The summed E-state index contributed by atoms with van der Waals surface area (Å²) >= 11 is 0. The van der Waals surface area contributed by atoms with Crippen LogP contribution in [0.15, 0.2) is 170 Å². The highest BCUT2D eigenvalue weighted by Gasteiger charge is 2.21. The lowest BCUT2D eigenvalue weighted by atomic mass is 10.0. The van der Waals surface area contributed by atoms with E-state index in [0.29, 0.717) is 0 Å². The smallest absolute Gasteiger partial charge is 0.0641 e. The molecular formula is C42H29N3. The fraction of sp³-hybridized carbons (Fsp3) is 0. The molecule has 1 N–H and O–H groups in total. The first-order chi connectivity index (χ1) is 22.3. The van der Waals surface area contributed by atoms with Gasteiger partial charge in [-0.1, -0.05) is 109 Å². The number of para-hydroxylation sites is 4. The summed E-state index contributed by atoms with van der Waals surface area (Å²) in [6.07, 6.45) is 0. The normalized spacial score (nSPS) is 11.6. The van der Waals surface area contributed by atoms with Gasteiger partial charge in [0.25, 0.3) is 0 Å². The molecule has 0 unspecified atom stereocenters. The number of hydrogen-bond acceptors (Lipinski definition) is 1. The van der Waals surface area contributed by atoms with Crippen LogP contribution in [0, 0.1) is 0 Å². The average molecular weight is 576 g/mol. The molecule has 0 aliphatic heterocycles. The second-order valence-electron chi connectivity index (χ2n) is 11.5. The number of benzene rings is 7. The summed E-state index contributed by atoms with van der Waals surface area (Å²) in [7, 11) is 0. The van der Waals surface area contributed by atoms with Gasteiger partial charge in [-0.05, 0) is 66.2 Å². The first kappa shape index (κ1) is 25.4. The highest BCUT2D eigenvalue weighted by atomic mass is 15.0. The Morgan fingerprint density at radius 2 is 1.02 bits per heavy atom. The Balaban J connectivity index is 1.36. The van der Waals surface area contributed by atoms with E-state index in [9.17, 15) is 0 Å². The third-order valence-electron chi connectivity index (χ3n) is 8.88. The van der Waals surface area contributed by atoms with Crippen molar-refractivity contribution < 1.29 is 0 Å². The molecular weight excluding hydrogens is 546 g/mol. The predicted molar refractivity (Wildman–Crippen MR) is 190 cm³/mol. The topological polar surface area (TPSA) is 21.9 Å². The van der Waals surface area contributed by atoms with Gasteiger partial charge in [0.1, 0.15) is 0 Å². The Labute approximate surface area is 261 Å². The van der Waals surface area contributed by atoms with Crippen molar-refractivity contribution in [3.63, 3.8) is 0 Å². The zero-order valence-corrected chi connectivity index (χ0v) is 24.6. The first-order valence-corrected chi connectivity index (χ1v) is 15.4. The number of fused-ring (bicyclic) bond motifs is 7. The second-order valence-corrected chi connectivity index (χ2v) is 11.5. The van der Waals surface area contributed by atoms with Crippen LogP contribution in [-0.2, 0) is 0 Å². The molecule has 3 heteroatoms. The van der Waals surface area contributed by atoms with Crippen LogP contribution in [-0.4, -0.2) is 9.13 Å². The Bertz CT molecular complexity index is 2490. The van der Waals surface area contributed by atoms with Crippen molar-refractivity contribution in [3.05, 3.63) is 170 Å². The maximum absolute atomic E-state index is 3.67.